The number of aliphatic carboxylic acids is 1. The summed E-state index contributed by atoms with van der Waals surface area (Å²) in [6.45, 7) is 7.19. The molecule has 7 heteroatoms. The Hall–Kier alpha value is -1.63. The normalized spacial score (nSPS) is 10.3. The largest absolute Gasteiger partial charge is 0.481 e. The first-order valence-corrected chi connectivity index (χ1v) is 6.51. The first-order chi connectivity index (χ1) is 8.99. The molecule has 0 fully saturated rings. The Morgan fingerprint density at radius 2 is 1.79 bits per heavy atom. The van der Waals surface area contributed by atoms with E-state index in [0.717, 1.165) is 26.1 Å². The molecule has 7 nitrogen and oxygen atoms in total. The summed E-state index contributed by atoms with van der Waals surface area (Å²) in [7, 11) is 0. The highest BCUT2D eigenvalue weighted by atomic mass is 16.4. The smallest absolute Gasteiger partial charge is 0.321 e. The maximum atomic E-state index is 11.3. The fourth-order valence-electron chi connectivity index (χ4n) is 1.53. The molecule has 0 aliphatic rings. The number of carbonyl (C=O) groups excluding carboxylic acids is 2. The van der Waals surface area contributed by atoms with Crippen LogP contribution < -0.4 is 10.6 Å². The number of likely N-dealkylation sites (N-methyl/N-ethyl adjacent to an activating group) is 1. The van der Waals surface area contributed by atoms with Crippen LogP contribution in [0, 0.1) is 0 Å². The molecule has 19 heavy (non-hydrogen) atoms. The van der Waals surface area contributed by atoms with Crippen LogP contribution in [0.4, 0.5) is 4.79 Å². The Bertz CT molecular complexity index is 307. The maximum absolute atomic E-state index is 11.3. The van der Waals surface area contributed by atoms with Crippen molar-refractivity contribution in [3.05, 3.63) is 0 Å². The van der Waals surface area contributed by atoms with Gasteiger partial charge in [-0.15, -0.1) is 0 Å². The van der Waals surface area contributed by atoms with Crippen molar-refractivity contribution < 1.29 is 19.5 Å². The van der Waals surface area contributed by atoms with Crippen molar-refractivity contribution in [1.29, 1.82) is 0 Å². The molecule has 0 atom stereocenters. The second kappa shape index (κ2) is 10.3. The summed E-state index contributed by atoms with van der Waals surface area (Å²) >= 11 is 0. The zero-order valence-corrected chi connectivity index (χ0v) is 11.6. The lowest BCUT2D eigenvalue weighted by molar-refractivity contribution is -0.138. The molecular weight excluding hydrogens is 250 g/mol. The van der Waals surface area contributed by atoms with E-state index in [0.29, 0.717) is 6.54 Å². The second-order valence-corrected chi connectivity index (χ2v) is 4.13. The van der Waals surface area contributed by atoms with Crippen LogP contribution in [0.3, 0.4) is 0 Å². The number of carbonyl (C=O) groups is 3. The fraction of sp³-hybridized carbons (Fsp3) is 0.750. The Balaban J connectivity index is 3.74. The summed E-state index contributed by atoms with van der Waals surface area (Å²) in [6, 6.07) is -0.581. The van der Waals surface area contributed by atoms with Crippen molar-refractivity contribution in [3.8, 4) is 0 Å². The number of imide groups is 1. The molecule has 0 aromatic heterocycles. The molecule has 0 rings (SSSR count). The molecule has 0 heterocycles. The fourth-order valence-corrected chi connectivity index (χ4v) is 1.53. The molecule has 3 amide bonds. The van der Waals surface area contributed by atoms with Crippen LogP contribution in [-0.4, -0.2) is 54.1 Å². The van der Waals surface area contributed by atoms with Gasteiger partial charge in [-0.3, -0.25) is 14.9 Å². The number of nitrogens with one attached hydrogen (secondary N) is 2. The number of urea groups is 1. The molecule has 0 aromatic rings. The number of carboxylic acid groups (broad SMARTS) is 1. The van der Waals surface area contributed by atoms with Crippen molar-refractivity contribution in [2.75, 3.05) is 26.2 Å². The molecule has 0 saturated heterocycles. The maximum Gasteiger partial charge on any atom is 0.321 e. The molecule has 110 valence electrons. The van der Waals surface area contributed by atoms with Crippen molar-refractivity contribution in [1.82, 2.24) is 15.5 Å². The topological polar surface area (TPSA) is 98.7 Å². The SMILES string of the molecule is CCCN(CC)CCNC(=O)NC(=O)CCC(=O)O. The zero-order chi connectivity index (χ0) is 14.7. The molecule has 0 saturated carbocycles. The van der Waals surface area contributed by atoms with E-state index in [1.165, 1.54) is 0 Å². The lowest BCUT2D eigenvalue weighted by atomic mass is 10.3. The van der Waals surface area contributed by atoms with Gasteiger partial charge in [0.1, 0.15) is 0 Å². The molecule has 3 N–H and O–H groups in total. The predicted octanol–water partition coefficient (Wildman–Crippen LogP) is 0.409. The number of amides is 3. The summed E-state index contributed by atoms with van der Waals surface area (Å²) in [5.74, 6) is -1.64. The standard InChI is InChI=1S/C12H23N3O4/c1-3-8-15(4-2)9-7-13-12(19)14-10(16)5-6-11(17)18/h3-9H2,1-2H3,(H,17,18)(H2,13,14,16,19). The quantitative estimate of drug-likeness (QED) is 0.565. The third kappa shape index (κ3) is 10.0. The van der Waals surface area contributed by atoms with Gasteiger partial charge in [0.2, 0.25) is 5.91 Å². The number of rotatable bonds is 9. The monoisotopic (exact) mass is 273 g/mol. The van der Waals surface area contributed by atoms with Gasteiger partial charge in [-0.1, -0.05) is 13.8 Å². The molecule has 0 unspecified atom stereocenters. The minimum atomic E-state index is -1.06. The van der Waals surface area contributed by atoms with E-state index in [-0.39, 0.29) is 12.8 Å². The highest BCUT2D eigenvalue weighted by Crippen LogP contribution is 1.90. The number of hydrogen-bond donors (Lipinski definition) is 3. The van der Waals surface area contributed by atoms with Crippen LogP contribution >= 0.6 is 0 Å². The van der Waals surface area contributed by atoms with Gasteiger partial charge in [0.25, 0.3) is 0 Å². The average Bonchev–Trinajstić information content (AvgIpc) is 2.35. The minimum Gasteiger partial charge on any atom is -0.481 e. The molecular formula is C12H23N3O4. The van der Waals surface area contributed by atoms with Gasteiger partial charge in [-0.2, -0.15) is 0 Å². The Morgan fingerprint density at radius 1 is 1.11 bits per heavy atom. The summed E-state index contributed by atoms with van der Waals surface area (Å²) in [4.78, 5) is 34.9. The molecule has 0 bridgehead atoms. The summed E-state index contributed by atoms with van der Waals surface area (Å²) in [6.07, 6.45) is 0.576. The van der Waals surface area contributed by atoms with Crippen molar-refractivity contribution in [3.63, 3.8) is 0 Å². The number of hydrogen-bond acceptors (Lipinski definition) is 4. The van der Waals surface area contributed by atoms with E-state index in [9.17, 15) is 14.4 Å². The van der Waals surface area contributed by atoms with Crippen LogP contribution in [0.5, 0.6) is 0 Å². The van der Waals surface area contributed by atoms with Crippen molar-refractivity contribution in [2.24, 2.45) is 0 Å². The highest BCUT2D eigenvalue weighted by molar-refractivity contribution is 5.95. The summed E-state index contributed by atoms with van der Waals surface area (Å²) < 4.78 is 0. The molecule has 0 aromatic carbocycles. The van der Waals surface area contributed by atoms with Crippen molar-refractivity contribution >= 4 is 17.9 Å². The van der Waals surface area contributed by atoms with Crippen molar-refractivity contribution in [2.45, 2.75) is 33.1 Å². The van der Waals surface area contributed by atoms with E-state index in [4.69, 9.17) is 5.11 Å². The molecule has 0 radical (unpaired) electrons. The van der Waals surface area contributed by atoms with Gasteiger partial charge in [0, 0.05) is 19.5 Å². The average molecular weight is 273 g/mol. The lowest BCUT2D eigenvalue weighted by Gasteiger charge is -2.19. The van der Waals surface area contributed by atoms with Gasteiger partial charge < -0.3 is 15.3 Å². The van der Waals surface area contributed by atoms with Crippen LogP contribution in [0.15, 0.2) is 0 Å². The van der Waals surface area contributed by atoms with Crippen LogP contribution in [0.1, 0.15) is 33.1 Å². The highest BCUT2D eigenvalue weighted by Gasteiger charge is 2.09. The van der Waals surface area contributed by atoms with Gasteiger partial charge in [-0.05, 0) is 19.5 Å². The van der Waals surface area contributed by atoms with Gasteiger partial charge in [-0.25, -0.2) is 4.79 Å². The molecule has 0 spiro atoms. The van der Waals surface area contributed by atoms with Crippen LogP contribution in [0.25, 0.3) is 0 Å². The Morgan fingerprint density at radius 3 is 2.32 bits per heavy atom. The minimum absolute atomic E-state index is 0.195. The third-order valence-corrected chi connectivity index (χ3v) is 2.52. The predicted molar refractivity (Wildman–Crippen MR) is 70.8 cm³/mol. The number of carboxylic acids is 1. The Kier molecular flexibility index (Phi) is 9.42. The first kappa shape index (κ1) is 17.4. The summed E-state index contributed by atoms with van der Waals surface area (Å²) in [5, 5.41) is 13.0. The van der Waals surface area contributed by atoms with E-state index in [1.807, 2.05) is 6.92 Å². The third-order valence-electron chi connectivity index (χ3n) is 2.52. The van der Waals surface area contributed by atoms with Gasteiger partial charge in [0.15, 0.2) is 0 Å². The second-order valence-electron chi connectivity index (χ2n) is 4.13. The van der Waals surface area contributed by atoms with Gasteiger partial charge >= 0.3 is 12.0 Å². The lowest BCUT2D eigenvalue weighted by Crippen LogP contribution is -2.43. The van der Waals surface area contributed by atoms with E-state index >= 15 is 0 Å². The molecule has 0 aliphatic carbocycles. The van der Waals surface area contributed by atoms with Gasteiger partial charge in [0.05, 0.1) is 6.42 Å². The van der Waals surface area contributed by atoms with Crippen LogP contribution in [-0.2, 0) is 9.59 Å². The zero-order valence-electron chi connectivity index (χ0n) is 11.6. The summed E-state index contributed by atoms with van der Waals surface area (Å²) in [5.41, 5.74) is 0. The van der Waals surface area contributed by atoms with Crippen LogP contribution in [0.2, 0.25) is 0 Å². The Labute approximate surface area is 113 Å². The van der Waals surface area contributed by atoms with E-state index < -0.39 is 17.9 Å². The number of nitrogens with zero attached hydrogens (tertiary/aromatic N) is 1. The van der Waals surface area contributed by atoms with E-state index in [1.54, 1.807) is 0 Å². The van der Waals surface area contributed by atoms with E-state index in [2.05, 4.69) is 22.5 Å². The first-order valence-electron chi connectivity index (χ1n) is 6.51. The molecule has 0 aliphatic heterocycles.